The largest absolute Gasteiger partial charge is 0.483 e. The first-order valence-electron chi connectivity index (χ1n) is 11.9. The number of carbonyl (C=O) groups excluding carboxylic acids is 1. The molecular weight excluding hydrogens is 468 g/mol. The van der Waals surface area contributed by atoms with Gasteiger partial charge in [-0.25, -0.2) is 8.42 Å². The summed E-state index contributed by atoms with van der Waals surface area (Å²) in [4.78, 5) is 17.0. The average molecular weight is 503 g/mol. The molecule has 2 heterocycles. The Labute approximate surface area is 207 Å². The van der Waals surface area contributed by atoms with E-state index in [1.54, 1.807) is 24.1 Å². The van der Waals surface area contributed by atoms with Gasteiger partial charge in [0.1, 0.15) is 5.75 Å². The van der Waals surface area contributed by atoms with E-state index in [4.69, 9.17) is 4.74 Å². The topological polar surface area (TPSA) is 111 Å². The fraction of sp³-hybridized carbons (Fsp3) is 0.480. The van der Waals surface area contributed by atoms with E-state index in [1.165, 1.54) is 0 Å². The molecule has 0 spiro atoms. The van der Waals surface area contributed by atoms with Crippen LogP contribution in [0.15, 0.2) is 42.5 Å². The van der Waals surface area contributed by atoms with Crippen LogP contribution in [0.3, 0.4) is 0 Å². The second kappa shape index (κ2) is 10.8. The summed E-state index contributed by atoms with van der Waals surface area (Å²) in [6.45, 7) is 2.73. The molecule has 190 valence electrons. The fourth-order valence-corrected chi connectivity index (χ4v) is 5.25. The van der Waals surface area contributed by atoms with Crippen LogP contribution >= 0.6 is 0 Å². The van der Waals surface area contributed by atoms with Gasteiger partial charge in [-0.1, -0.05) is 18.2 Å². The summed E-state index contributed by atoms with van der Waals surface area (Å²) >= 11 is 0. The zero-order chi connectivity index (χ0) is 25.0. The molecule has 0 saturated carbocycles. The molecule has 10 heteroatoms. The Morgan fingerprint density at radius 3 is 2.74 bits per heavy atom. The summed E-state index contributed by atoms with van der Waals surface area (Å²) < 4.78 is 31.5. The van der Waals surface area contributed by atoms with E-state index in [-0.39, 0.29) is 24.7 Å². The Balaban J connectivity index is 1.48. The maximum Gasteiger partial charge on any atom is 0.260 e. The number of β-amino-alcohol motifs (C(OH)–C–C–N with tert-alkyl or cyclic N) is 1. The summed E-state index contributed by atoms with van der Waals surface area (Å²) in [5, 5.41) is 13.3. The lowest BCUT2D eigenvalue weighted by atomic mass is 10.0. The van der Waals surface area contributed by atoms with Gasteiger partial charge in [-0.2, -0.15) is 0 Å². The van der Waals surface area contributed by atoms with Crippen molar-refractivity contribution in [2.75, 3.05) is 56.1 Å². The number of carbonyl (C=O) groups is 1. The molecule has 9 nitrogen and oxygen atoms in total. The van der Waals surface area contributed by atoms with Crippen molar-refractivity contribution in [3.05, 3.63) is 53.6 Å². The summed E-state index contributed by atoms with van der Waals surface area (Å²) in [5.74, 6) is 0.571. The first-order valence-corrected chi connectivity index (χ1v) is 13.8. The highest BCUT2D eigenvalue weighted by atomic mass is 32.2. The lowest BCUT2D eigenvalue weighted by Gasteiger charge is -2.32. The van der Waals surface area contributed by atoms with Gasteiger partial charge < -0.3 is 20.1 Å². The first-order chi connectivity index (χ1) is 16.7. The molecule has 2 aliphatic rings. The fourth-order valence-electron chi connectivity index (χ4n) is 4.69. The molecule has 0 aliphatic carbocycles. The molecule has 0 bridgehead atoms. The number of likely N-dealkylation sites (N-methyl/N-ethyl adjacent to an activating group) is 1. The monoisotopic (exact) mass is 502 g/mol. The maximum absolute atomic E-state index is 13.2. The smallest absolute Gasteiger partial charge is 0.260 e. The van der Waals surface area contributed by atoms with E-state index in [0.29, 0.717) is 25.2 Å². The lowest BCUT2D eigenvalue weighted by molar-refractivity contribution is -0.134. The van der Waals surface area contributed by atoms with Crippen LogP contribution in [0.4, 0.5) is 11.4 Å². The van der Waals surface area contributed by atoms with Crippen LogP contribution in [-0.4, -0.2) is 81.4 Å². The Bertz CT molecular complexity index is 1140. The number of rotatable bonds is 9. The number of anilines is 2. The van der Waals surface area contributed by atoms with Gasteiger partial charge >= 0.3 is 0 Å². The van der Waals surface area contributed by atoms with Crippen molar-refractivity contribution in [1.82, 2.24) is 9.80 Å². The average Bonchev–Trinajstić information content (AvgIpc) is 3.25. The van der Waals surface area contributed by atoms with Crippen LogP contribution in [-0.2, 0) is 21.2 Å². The number of nitrogens with zero attached hydrogens (tertiary/aromatic N) is 2. The van der Waals surface area contributed by atoms with Gasteiger partial charge in [0.25, 0.3) is 5.91 Å². The Kier molecular flexibility index (Phi) is 7.83. The SMILES string of the molecule is CN(C(=O)COc1cccc2c1CCCN2)C(CN1CC[C@H](O)C1)c1ccc(NS(C)(=O)=O)cc1. The first kappa shape index (κ1) is 25.3. The van der Waals surface area contributed by atoms with Crippen molar-refractivity contribution >= 4 is 27.3 Å². The molecular formula is C25H34N4O5S. The van der Waals surface area contributed by atoms with Crippen LogP contribution in [0.5, 0.6) is 5.75 Å². The van der Waals surface area contributed by atoms with Crippen LogP contribution in [0.2, 0.25) is 0 Å². The van der Waals surface area contributed by atoms with E-state index >= 15 is 0 Å². The van der Waals surface area contributed by atoms with Crippen LogP contribution < -0.4 is 14.8 Å². The molecule has 4 rings (SSSR count). The summed E-state index contributed by atoms with van der Waals surface area (Å²) in [6, 6.07) is 12.6. The highest BCUT2D eigenvalue weighted by Crippen LogP contribution is 2.31. The maximum atomic E-state index is 13.2. The molecule has 2 aromatic rings. The molecule has 1 saturated heterocycles. The van der Waals surface area contributed by atoms with Crippen LogP contribution in [0.25, 0.3) is 0 Å². The number of nitrogens with one attached hydrogen (secondary N) is 2. The van der Waals surface area contributed by atoms with Crippen molar-refractivity contribution in [2.24, 2.45) is 0 Å². The molecule has 0 radical (unpaired) electrons. The van der Waals surface area contributed by atoms with Gasteiger partial charge in [0.2, 0.25) is 10.0 Å². The molecule has 2 aliphatic heterocycles. The van der Waals surface area contributed by atoms with Crippen molar-refractivity contribution in [3.8, 4) is 5.75 Å². The highest BCUT2D eigenvalue weighted by Gasteiger charge is 2.28. The van der Waals surface area contributed by atoms with E-state index in [1.807, 2.05) is 30.3 Å². The number of amides is 1. The van der Waals surface area contributed by atoms with Crippen molar-refractivity contribution in [2.45, 2.75) is 31.4 Å². The van der Waals surface area contributed by atoms with Gasteiger partial charge in [-0.3, -0.25) is 14.4 Å². The van der Waals surface area contributed by atoms with E-state index < -0.39 is 10.0 Å². The minimum atomic E-state index is -3.38. The molecule has 2 aromatic carbocycles. The van der Waals surface area contributed by atoms with E-state index in [9.17, 15) is 18.3 Å². The molecule has 35 heavy (non-hydrogen) atoms. The number of benzene rings is 2. The lowest BCUT2D eigenvalue weighted by Crippen LogP contribution is -2.41. The van der Waals surface area contributed by atoms with Gasteiger partial charge in [0, 0.05) is 50.2 Å². The number of hydrogen-bond acceptors (Lipinski definition) is 7. The quantitative estimate of drug-likeness (QED) is 0.481. The number of likely N-dealkylation sites (tertiary alicyclic amines) is 1. The summed E-state index contributed by atoms with van der Waals surface area (Å²) in [6.07, 6.45) is 3.39. The predicted molar refractivity (Wildman–Crippen MR) is 136 cm³/mol. The molecule has 3 N–H and O–H groups in total. The second-order valence-electron chi connectivity index (χ2n) is 9.32. The minimum absolute atomic E-state index is 0.0835. The summed E-state index contributed by atoms with van der Waals surface area (Å²) in [7, 11) is -1.62. The highest BCUT2D eigenvalue weighted by molar-refractivity contribution is 7.92. The number of hydrogen-bond donors (Lipinski definition) is 3. The molecule has 1 unspecified atom stereocenters. The third-order valence-corrected chi connectivity index (χ3v) is 7.15. The number of ether oxygens (including phenoxy) is 1. The van der Waals surface area contributed by atoms with Crippen molar-refractivity contribution in [1.29, 1.82) is 0 Å². The van der Waals surface area contributed by atoms with Crippen molar-refractivity contribution < 1.29 is 23.1 Å². The van der Waals surface area contributed by atoms with Crippen LogP contribution in [0.1, 0.15) is 30.0 Å². The summed E-state index contributed by atoms with van der Waals surface area (Å²) in [5.41, 5.74) is 3.50. The third kappa shape index (κ3) is 6.65. The number of sulfonamides is 1. The van der Waals surface area contributed by atoms with Crippen molar-refractivity contribution in [3.63, 3.8) is 0 Å². The second-order valence-corrected chi connectivity index (χ2v) is 11.1. The zero-order valence-electron chi connectivity index (χ0n) is 20.2. The van der Waals surface area contributed by atoms with Gasteiger partial charge in [0.05, 0.1) is 18.4 Å². The Hall–Kier alpha value is -2.82. The number of aliphatic hydroxyl groups excluding tert-OH is 1. The van der Waals surface area contributed by atoms with Gasteiger partial charge in [-0.05, 0) is 49.1 Å². The van der Waals surface area contributed by atoms with Gasteiger partial charge in [-0.15, -0.1) is 0 Å². The number of fused-ring (bicyclic) bond motifs is 1. The van der Waals surface area contributed by atoms with E-state index in [0.717, 1.165) is 54.8 Å². The van der Waals surface area contributed by atoms with Gasteiger partial charge in [0.15, 0.2) is 6.61 Å². The Morgan fingerprint density at radius 2 is 2.06 bits per heavy atom. The number of aliphatic hydroxyl groups is 1. The van der Waals surface area contributed by atoms with Crippen LogP contribution in [0, 0.1) is 0 Å². The van der Waals surface area contributed by atoms with E-state index in [2.05, 4.69) is 14.9 Å². The predicted octanol–water partition coefficient (Wildman–Crippen LogP) is 2.06. The molecule has 0 aromatic heterocycles. The third-order valence-electron chi connectivity index (χ3n) is 6.54. The minimum Gasteiger partial charge on any atom is -0.483 e. The normalized spacial score (nSPS) is 18.9. The standard InChI is InChI=1S/C25H34N4O5S/c1-28(25(31)17-34-24-7-3-6-22-21(24)5-4-13-26-22)23(16-29-14-12-20(30)15-29)18-8-10-19(11-9-18)27-35(2,32)33/h3,6-11,20,23,26-27,30H,4-5,12-17H2,1-2H3/t20-,23?/m0/s1. The zero-order valence-corrected chi connectivity index (χ0v) is 21.1. The molecule has 1 fully saturated rings. The molecule has 2 atom stereocenters. The molecule has 1 amide bonds. The Morgan fingerprint density at radius 1 is 1.29 bits per heavy atom.